The molecule has 1 atom stereocenters. The lowest BCUT2D eigenvalue weighted by molar-refractivity contribution is 0.378. The monoisotopic (exact) mass is 205 g/mol. The molecule has 1 aromatic carbocycles. The van der Waals surface area contributed by atoms with Crippen LogP contribution >= 0.6 is 0 Å². The Morgan fingerprint density at radius 3 is 2.43 bits per heavy atom. The third-order valence-electron chi connectivity index (χ3n) is 2.05. The molecule has 0 bridgehead atoms. The predicted octanol–water partition coefficient (Wildman–Crippen LogP) is 1.87. The van der Waals surface area contributed by atoms with Crippen LogP contribution in [0, 0.1) is 17.5 Å². The minimum Gasteiger partial charge on any atom is -0.505 e. The lowest BCUT2D eigenvalue weighted by Crippen LogP contribution is -2.10. The zero-order chi connectivity index (χ0) is 10.9. The maximum atomic E-state index is 12.8. The van der Waals surface area contributed by atoms with Crippen LogP contribution < -0.4 is 5.73 Å². The predicted molar refractivity (Wildman–Crippen MR) is 45.5 cm³/mol. The van der Waals surface area contributed by atoms with Gasteiger partial charge in [-0.05, 0) is 18.5 Å². The normalized spacial score (nSPS) is 12.9. The van der Waals surface area contributed by atoms with E-state index in [1.807, 2.05) is 0 Å². The van der Waals surface area contributed by atoms with Gasteiger partial charge in [-0.15, -0.1) is 0 Å². The molecule has 78 valence electrons. The number of phenolic OH excluding ortho intramolecular Hbond substituents is 1. The fraction of sp³-hybridized carbons (Fsp3) is 0.333. The molecular formula is C9H10F3NO. The topological polar surface area (TPSA) is 46.2 Å². The largest absolute Gasteiger partial charge is 0.505 e. The summed E-state index contributed by atoms with van der Waals surface area (Å²) in [4.78, 5) is 0. The zero-order valence-electron chi connectivity index (χ0n) is 7.52. The van der Waals surface area contributed by atoms with E-state index in [0.717, 1.165) is 6.07 Å². The van der Waals surface area contributed by atoms with Crippen molar-refractivity contribution in [2.75, 3.05) is 6.54 Å². The second-order valence-electron chi connectivity index (χ2n) is 3.06. The number of aromatic hydroxyl groups is 1. The lowest BCUT2D eigenvalue weighted by atomic mass is 10.00. The highest BCUT2D eigenvalue weighted by Gasteiger charge is 2.20. The summed E-state index contributed by atoms with van der Waals surface area (Å²) in [5.41, 5.74) is 5.24. The summed E-state index contributed by atoms with van der Waals surface area (Å²) in [6.45, 7) is 1.68. The van der Waals surface area contributed by atoms with Crippen molar-refractivity contribution in [1.82, 2.24) is 0 Å². The molecule has 0 aliphatic rings. The lowest BCUT2D eigenvalue weighted by Gasteiger charge is -2.12. The molecule has 0 amide bonds. The summed E-state index contributed by atoms with van der Waals surface area (Å²) in [7, 11) is 0. The van der Waals surface area contributed by atoms with Crippen LogP contribution in [0.3, 0.4) is 0 Å². The van der Waals surface area contributed by atoms with Crippen molar-refractivity contribution in [3.63, 3.8) is 0 Å². The van der Waals surface area contributed by atoms with Gasteiger partial charge in [-0.25, -0.2) is 8.78 Å². The molecule has 0 fully saturated rings. The van der Waals surface area contributed by atoms with Crippen molar-refractivity contribution in [1.29, 1.82) is 0 Å². The Balaban J connectivity index is 3.33. The fourth-order valence-electron chi connectivity index (χ4n) is 1.11. The van der Waals surface area contributed by atoms with Gasteiger partial charge in [-0.1, -0.05) is 6.92 Å². The van der Waals surface area contributed by atoms with Gasteiger partial charge in [0, 0.05) is 5.56 Å². The van der Waals surface area contributed by atoms with Crippen LogP contribution in [-0.4, -0.2) is 11.7 Å². The van der Waals surface area contributed by atoms with Gasteiger partial charge in [0.05, 0.1) is 0 Å². The van der Waals surface area contributed by atoms with E-state index in [1.54, 1.807) is 6.92 Å². The Bertz CT molecular complexity index is 354. The highest BCUT2D eigenvalue weighted by atomic mass is 19.2. The van der Waals surface area contributed by atoms with Crippen molar-refractivity contribution >= 4 is 0 Å². The molecule has 2 nitrogen and oxygen atoms in total. The van der Waals surface area contributed by atoms with Crippen LogP contribution in [0.25, 0.3) is 0 Å². The van der Waals surface area contributed by atoms with E-state index in [9.17, 15) is 13.2 Å². The van der Waals surface area contributed by atoms with E-state index in [0.29, 0.717) is 0 Å². The Hall–Kier alpha value is -1.23. The van der Waals surface area contributed by atoms with Gasteiger partial charge in [0.25, 0.3) is 0 Å². The van der Waals surface area contributed by atoms with E-state index in [-0.39, 0.29) is 12.1 Å². The Kier molecular flexibility index (Phi) is 3.00. The van der Waals surface area contributed by atoms with Gasteiger partial charge in [0.2, 0.25) is 5.82 Å². The minimum absolute atomic E-state index is 0.0242. The number of hydrogen-bond donors (Lipinski definition) is 2. The molecule has 0 aliphatic heterocycles. The van der Waals surface area contributed by atoms with E-state index in [4.69, 9.17) is 10.8 Å². The van der Waals surface area contributed by atoms with Crippen LogP contribution in [-0.2, 0) is 0 Å². The Morgan fingerprint density at radius 1 is 1.36 bits per heavy atom. The standard InChI is InChI=1S/C9H10F3NO/c1-4(3-13)5-2-6(10)7(11)8(12)9(5)14/h2,4,14H,3,13H2,1H3. The maximum Gasteiger partial charge on any atom is 0.203 e. The third-order valence-corrected chi connectivity index (χ3v) is 2.05. The van der Waals surface area contributed by atoms with Crippen molar-refractivity contribution in [3.05, 3.63) is 29.1 Å². The highest BCUT2D eigenvalue weighted by molar-refractivity contribution is 5.37. The molecule has 0 aromatic heterocycles. The minimum atomic E-state index is -1.67. The number of rotatable bonds is 2. The summed E-state index contributed by atoms with van der Waals surface area (Å²) in [5, 5.41) is 9.17. The van der Waals surface area contributed by atoms with Crippen LogP contribution in [0.2, 0.25) is 0 Å². The molecule has 0 aliphatic carbocycles. The van der Waals surface area contributed by atoms with Crippen molar-refractivity contribution in [2.24, 2.45) is 5.73 Å². The van der Waals surface area contributed by atoms with Gasteiger partial charge < -0.3 is 10.8 Å². The Morgan fingerprint density at radius 2 is 1.93 bits per heavy atom. The van der Waals surface area contributed by atoms with Crippen LogP contribution in [0.4, 0.5) is 13.2 Å². The molecule has 1 rings (SSSR count). The average Bonchev–Trinajstić information content (AvgIpc) is 2.19. The summed E-state index contributed by atoms with van der Waals surface area (Å²) in [6.07, 6.45) is 0. The summed E-state index contributed by atoms with van der Waals surface area (Å²) < 4.78 is 38.2. The smallest absolute Gasteiger partial charge is 0.203 e. The van der Waals surface area contributed by atoms with Crippen LogP contribution in [0.5, 0.6) is 5.75 Å². The van der Waals surface area contributed by atoms with Gasteiger partial charge >= 0.3 is 0 Å². The van der Waals surface area contributed by atoms with Crippen LogP contribution in [0.1, 0.15) is 18.4 Å². The second kappa shape index (κ2) is 3.88. The molecule has 0 spiro atoms. The first-order chi connectivity index (χ1) is 6.49. The summed E-state index contributed by atoms with van der Waals surface area (Å²) in [6, 6.07) is 0.755. The molecule has 14 heavy (non-hydrogen) atoms. The van der Waals surface area contributed by atoms with E-state index in [2.05, 4.69) is 0 Å². The first-order valence-corrected chi connectivity index (χ1v) is 4.05. The quantitative estimate of drug-likeness (QED) is 0.724. The van der Waals surface area contributed by atoms with Crippen LogP contribution in [0.15, 0.2) is 6.07 Å². The van der Waals surface area contributed by atoms with Crippen molar-refractivity contribution in [2.45, 2.75) is 12.8 Å². The van der Waals surface area contributed by atoms with E-state index in [1.165, 1.54) is 0 Å². The summed E-state index contributed by atoms with van der Waals surface area (Å²) >= 11 is 0. The number of hydrogen-bond acceptors (Lipinski definition) is 2. The molecule has 3 N–H and O–H groups in total. The average molecular weight is 205 g/mol. The maximum absolute atomic E-state index is 12.8. The van der Waals surface area contributed by atoms with Gasteiger partial charge in [-0.2, -0.15) is 4.39 Å². The number of benzene rings is 1. The van der Waals surface area contributed by atoms with Gasteiger partial charge in [0.15, 0.2) is 17.4 Å². The highest BCUT2D eigenvalue weighted by Crippen LogP contribution is 2.30. The van der Waals surface area contributed by atoms with Gasteiger partial charge in [0.1, 0.15) is 0 Å². The Labute approximate surface area is 79.2 Å². The van der Waals surface area contributed by atoms with E-state index < -0.39 is 29.1 Å². The zero-order valence-corrected chi connectivity index (χ0v) is 7.52. The first kappa shape index (κ1) is 10.8. The van der Waals surface area contributed by atoms with Crippen molar-refractivity contribution < 1.29 is 18.3 Å². The van der Waals surface area contributed by atoms with E-state index >= 15 is 0 Å². The second-order valence-corrected chi connectivity index (χ2v) is 3.06. The third kappa shape index (κ3) is 1.68. The molecule has 1 unspecified atom stereocenters. The number of halogens is 3. The molecule has 5 heteroatoms. The molecular weight excluding hydrogens is 195 g/mol. The fourth-order valence-corrected chi connectivity index (χ4v) is 1.11. The molecule has 0 saturated heterocycles. The summed E-state index contributed by atoms with van der Waals surface area (Å²) in [5.74, 6) is -5.87. The first-order valence-electron chi connectivity index (χ1n) is 4.05. The SMILES string of the molecule is CC(CN)c1cc(F)c(F)c(F)c1O. The molecule has 0 radical (unpaired) electrons. The molecule has 0 heterocycles. The number of phenols is 1. The van der Waals surface area contributed by atoms with Gasteiger partial charge in [-0.3, -0.25) is 0 Å². The molecule has 1 aromatic rings. The number of nitrogens with two attached hydrogens (primary N) is 1. The van der Waals surface area contributed by atoms with Crippen molar-refractivity contribution in [3.8, 4) is 5.75 Å². The molecule has 0 saturated carbocycles.